The fraction of sp³-hybridized carbons (Fsp3) is 0.529. The molecule has 0 fully saturated rings. The Kier molecular flexibility index (Phi) is 6.43. The van der Waals surface area contributed by atoms with E-state index < -0.39 is 22.7 Å². The van der Waals surface area contributed by atoms with E-state index in [-0.39, 0.29) is 0 Å². The predicted octanol–water partition coefficient (Wildman–Crippen LogP) is 4.47. The molecule has 24 heavy (non-hydrogen) atoms. The molecule has 0 heterocycles. The zero-order valence-corrected chi connectivity index (χ0v) is 16.1. The minimum Gasteiger partial charge on any atom is -0.306 e. The first-order valence-electron chi connectivity index (χ1n) is 8.22. The summed E-state index contributed by atoms with van der Waals surface area (Å²) < 4.78 is 48.9. The quantitative estimate of drug-likeness (QED) is 0.661. The van der Waals surface area contributed by atoms with Crippen LogP contribution in [0.1, 0.15) is 38.7 Å². The van der Waals surface area contributed by atoms with Crippen molar-refractivity contribution in [2.45, 2.75) is 50.2 Å². The van der Waals surface area contributed by atoms with Crippen LogP contribution in [0.3, 0.4) is 0 Å². The normalized spacial score (nSPS) is 19.1. The summed E-state index contributed by atoms with van der Waals surface area (Å²) in [5.41, 5.74) is 1.02. The molecule has 0 spiro atoms. The number of rotatable bonds is 7. The lowest BCUT2D eigenvalue weighted by Crippen LogP contribution is -2.23. The van der Waals surface area contributed by atoms with E-state index in [1.54, 1.807) is 44.2 Å². The summed E-state index contributed by atoms with van der Waals surface area (Å²) >= 11 is 0. The van der Waals surface area contributed by atoms with Gasteiger partial charge >= 0.3 is 7.60 Å². The Morgan fingerprint density at radius 2 is 1.71 bits per heavy atom. The Morgan fingerprint density at radius 3 is 2.17 bits per heavy atom. The van der Waals surface area contributed by atoms with Crippen LogP contribution in [0.15, 0.2) is 40.6 Å². The van der Waals surface area contributed by atoms with E-state index in [0.717, 1.165) is 5.56 Å². The van der Waals surface area contributed by atoms with Gasteiger partial charge in [0.15, 0.2) is 9.84 Å². The summed E-state index contributed by atoms with van der Waals surface area (Å²) in [6, 6.07) is 6.90. The van der Waals surface area contributed by atoms with Gasteiger partial charge in [-0.15, -0.1) is 0 Å². The zero-order valence-electron chi connectivity index (χ0n) is 14.4. The van der Waals surface area contributed by atoms with E-state index in [0.29, 0.717) is 42.7 Å². The number of sulfone groups is 1. The molecule has 134 valence electrons. The maximum atomic E-state index is 12.8. The summed E-state index contributed by atoms with van der Waals surface area (Å²) in [6.45, 7) is 6.03. The molecule has 0 aliphatic heterocycles. The molecule has 1 atom stereocenters. The van der Waals surface area contributed by atoms with Crippen LogP contribution in [0.2, 0.25) is 0 Å². The van der Waals surface area contributed by atoms with Gasteiger partial charge in [0.05, 0.1) is 23.4 Å². The number of aryl methyl sites for hydroxylation is 1. The van der Waals surface area contributed by atoms with Crippen LogP contribution in [-0.2, 0) is 23.4 Å². The van der Waals surface area contributed by atoms with Crippen LogP contribution in [-0.4, -0.2) is 26.9 Å². The van der Waals surface area contributed by atoms with Gasteiger partial charge in [0.2, 0.25) is 0 Å². The molecule has 0 saturated carbocycles. The van der Waals surface area contributed by atoms with Crippen LogP contribution in [0.25, 0.3) is 0 Å². The summed E-state index contributed by atoms with van der Waals surface area (Å²) in [5.74, 6) is 0. The van der Waals surface area contributed by atoms with Crippen LogP contribution in [0.5, 0.6) is 0 Å². The second kappa shape index (κ2) is 7.96. The first-order valence-corrected chi connectivity index (χ1v) is 11.3. The van der Waals surface area contributed by atoms with Gasteiger partial charge in [-0.05, 0) is 52.2 Å². The van der Waals surface area contributed by atoms with Gasteiger partial charge in [-0.1, -0.05) is 23.8 Å². The highest BCUT2D eigenvalue weighted by molar-refractivity contribution is 7.92. The van der Waals surface area contributed by atoms with Crippen molar-refractivity contribution in [3.63, 3.8) is 0 Å². The molecule has 1 aliphatic rings. The molecule has 1 aromatic carbocycles. The number of allylic oxidation sites excluding steroid dienone is 2. The highest BCUT2D eigenvalue weighted by Gasteiger charge is 2.36. The van der Waals surface area contributed by atoms with E-state index in [4.69, 9.17) is 9.05 Å². The summed E-state index contributed by atoms with van der Waals surface area (Å²) in [6.07, 6.45) is 2.89. The van der Waals surface area contributed by atoms with Crippen molar-refractivity contribution < 1.29 is 22.0 Å². The molecule has 2 rings (SSSR count). The van der Waals surface area contributed by atoms with E-state index >= 15 is 0 Å². The first kappa shape index (κ1) is 19.4. The third-order valence-electron chi connectivity index (χ3n) is 4.08. The smallest absolute Gasteiger partial charge is 0.306 e. The Balaban J connectivity index is 2.19. The predicted molar refractivity (Wildman–Crippen MR) is 94.9 cm³/mol. The zero-order chi connectivity index (χ0) is 17.8. The molecule has 0 radical (unpaired) electrons. The fourth-order valence-corrected chi connectivity index (χ4v) is 6.29. The summed E-state index contributed by atoms with van der Waals surface area (Å²) in [5, 5.41) is 0.0993. The van der Waals surface area contributed by atoms with E-state index in [2.05, 4.69) is 0 Å². The first-order chi connectivity index (χ1) is 11.3. The third kappa shape index (κ3) is 4.17. The van der Waals surface area contributed by atoms with Crippen LogP contribution in [0, 0.1) is 6.92 Å². The second-order valence-electron chi connectivity index (χ2n) is 5.78. The lowest BCUT2D eigenvalue weighted by atomic mass is 10.1. The monoisotopic (exact) mass is 372 g/mol. The summed E-state index contributed by atoms with van der Waals surface area (Å²) in [4.78, 5) is 0.341. The minimum atomic E-state index is -3.39. The van der Waals surface area contributed by atoms with Crippen molar-refractivity contribution >= 4 is 17.4 Å². The van der Waals surface area contributed by atoms with Gasteiger partial charge in [0.25, 0.3) is 0 Å². The molecule has 1 aromatic rings. The molecule has 0 aromatic heterocycles. The molecule has 1 unspecified atom stereocenters. The Labute approximate surface area is 144 Å². The lowest BCUT2D eigenvalue weighted by Gasteiger charge is -2.26. The molecular formula is C17H25O5PS. The fourth-order valence-electron chi connectivity index (χ4n) is 2.79. The molecule has 1 aliphatic carbocycles. The number of benzene rings is 1. The van der Waals surface area contributed by atoms with Crippen LogP contribution >= 0.6 is 7.60 Å². The van der Waals surface area contributed by atoms with Gasteiger partial charge in [0, 0.05) is 5.31 Å². The van der Waals surface area contributed by atoms with Gasteiger partial charge in [-0.2, -0.15) is 0 Å². The molecule has 5 nitrogen and oxygen atoms in total. The molecule has 0 amide bonds. The standard InChI is InChI=1S/C17H25O5PS/c1-4-21-23(18,22-5-2)15-8-12-17(13-9-15)24(19,20)16-10-6-14(3)7-11-16/h6-8,10-11,17H,4-5,9,12-13H2,1-3H3. The molecule has 0 N–H and O–H groups in total. The Bertz CT molecular complexity index is 727. The maximum absolute atomic E-state index is 12.8. The number of hydrogen-bond donors (Lipinski definition) is 0. The van der Waals surface area contributed by atoms with E-state index in [1.807, 2.05) is 6.92 Å². The maximum Gasteiger partial charge on any atom is 0.356 e. The third-order valence-corrected chi connectivity index (χ3v) is 8.62. The Hall–Kier alpha value is -0.940. The van der Waals surface area contributed by atoms with Crippen molar-refractivity contribution in [2.24, 2.45) is 0 Å². The SMILES string of the molecule is CCOP(=O)(OCC)C1=CCC(S(=O)(=O)c2ccc(C)cc2)CC1. The van der Waals surface area contributed by atoms with Crippen molar-refractivity contribution in [1.82, 2.24) is 0 Å². The minimum absolute atomic E-state index is 0.291. The Morgan fingerprint density at radius 1 is 1.12 bits per heavy atom. The van der Waals surface area contributed by atoms with Gasteiger partial charge in [-0.25, -0.2) is 8.42 Å². The summed E-state index contributed by atoms with van der Waals surface area (Å²) in [7, 11) is -6.67. The molecule has 0 saturated heterocycles. The molecule has 7 heteroatoms. The van der Waals surface area contributed by atoms with Gasteiger partial charge in [0.1, 0.15) is 0 Å². The van der Waals surface area contributed by atoms with Crippen molar-refractivity contribution in [3.8, 4) is 0 Å². The van der Waals surface area contributed by atoms with Gasteiger partial charge < -0.3 is 9.05 Å². The second-order valence-corrected chi connectivity index (χ2v) is 10.1. The van der Waals surface area contributed by atoms with Crippen molar-refractivity contribution in [1.29, 1.82) is 0 Å². The highest BCUT2D eigenvalue weighted by atomic mass is 32.2. The van der Waals surface area contributed by atoms with Crippen LogP contribution in [0.4, 0.5) is 0 Å². The van der Waals surface area contributed by atoms with Crippen LogP contribution < -0.4 is 0 Å². The largest absolute Gasteiger partial charge is 0.356 e. The average Bonchev–Trinajstić information content (AvgIpc) is 2.56. The highest BCUT2D eigenvalue weighted by Crippen LogP contribution is 2.59. The van der Waals surface area contributed by atoms with E-state index in [9.17, 15) is 13.0 Å². The molecular weight excluding hydrogens is 347 g/mol. The van der Waals surface area contributed by atoms with Gasteiger partial charge in [-0.3, -0.25) is 4.57 Å². The topological polar surface area (TPSA) is 69.7 Å². The average molecular weight is 372 g/mol. The van der Waals surface area contributed by atoms with E-state index in [1.165, 1.54) is 0 Å². The number of hydrogen-bond acceptors (Lipinski definition) is 5. The molecule has 0 bridgehead atoms. The van der Waals surface area contributed by atoms with Crippen molar-refractivity contribution in [3.05, 3.63) is 41.2 Å². The van der Waals surface area contributed by atoms with Crippen molar-refractivity contribution in [2.75, 3.05) is 13.2 Å². The lowest BCUT2D eigenvalue weighted by molar-refractivity contribution is 0.225.